The van der Waals surface area contributed by atoms with Crippen LogP contribution in [-0.4, -0.2) is 25.0 Å². The van der Waals surface area contributed by atoms with Crippen molar-refractivity contribution in [1.29, 1.82) is 0 Å². The number of nitrogens with zero attached hydrogens (tertiary/aromatic N) is 3. The van der Waals surface area contributed by atoms with E-state index in [0.717, 1.165) is 27.2 Å². The van der Waals surface area contributed by atoms with Gasteiger partial charge in [-0.15, -0.1) is 0 Å². The lowest BCUT2D eigenvalue weighted by Crippen LogP contribution is -2.31. The number of hydrogen-bond acceptors (Lipinski definition) is 9. The van der Waals surface area contributed by atoms with E-state index in [1.807, 2.05) is 25.1 Å². The molecule has 2 aromatic carbocycles. The average Bonchev–Trinajstić information content (AvgIpc) is 3.25. The van der Waals surface area contributed by atoms with E-state index in [1.54, 1.807) is 38.9 Å². The van der Waals surface area contributed by atoms with Gasteiger partial charge in [0.25, 0.3) is 10.0 Å². The van der Waals surface area contributed by atoms with Crippen LogP contribution in [0.3, 0.4) is 0 Å². The molecule has 2 N–H and O–H groups in total. The first kappa shape index (κ1) is 23.5. The molecule has 2 aromatic heterocycles. The van der Waals surface area contributed by atoms with Gasteiger partial charge in [0, 0.05) is 29.2 Å². The zero-order valence-electron chi connectivity index (χ0n) is 19.3. The fourth-order valence-electron chi connectivity index (χ4n) is 3.83. The maximum absolute atomic E-state index is 12.7. The van der Waals surface area contributed by atoms with Gasteiger partial charge in [-0.25, -0.2) is 28.1 Å². The zero-order chi connectivity index (χ0) is 24.6. The molecule has 180 valence electrons. The summed E-state index contributed by atoms with van der Waals surface area (Å²) >= 11 is 0. The molecule has 0 atom stereocenters. The molecule has 3 heterocycles. The minimum Gasteiger partial charge on any atom is -0.494 e. The van der Waals surface area contributed by atoms with Crippen LogP contribution >= 0.6 is 20.7 Å². The van der Waals surface area contributed by atoms with Crippen molar-refractivity contribution in [3.05, 3.63) is 70.5 Å². The van der Waals surface area contributed by atoms with Crippen LogP contribution in [0.25, 0.3) is 11.1 Å². The molecule has 5 rings (SSSR count). The van der Waals surface area contributed by atoms with Crippen molar-refractivity contribution in [1.82, 2.24) is 9.97 Å². The van der Waals surface area contributed by atoms with Crippen LogP contribution in [0.2, 0.25) is 0 Å². The van der Waals surface area contributed by atoms with E-state index < -0.39 is 10.0 Å². The number of sulfonamides is 1. The Kier molecular flexibility index (Phi) is 6.07. The molecule has 0 aliphatic carbocycles. The Hall–Kier alpha value is -3.28. The molecule has 0 bridgehead atoms. The fraction of sp³-hybridized carbons (Fsp3) is 0.208. The van der Waals surface area contributed by atoms with Crippen molar-refractivity contribution < 1.29 is 13.2 Å². The van der Waals surface area contributed by atoms with Gasteiger partial charge in [0.05, 0.1) is 27.6 Å². The SMILES string of the molecule is CCOc1ccc2c(c1)-c1c(ssc1=Nc1ccc(S(=O)(=O)Nc3ncccn3)cc1)C(C)(C)N2. The zero-order valence-corrected chi connectivity index (χ0v) is 21.7. The van der Waals surface area contributed by atoms with Crippen molar-refractivity contribution in [3.8, 4) is 16.9 Å². The van der Waals surface area contributed by atoms with Crippen molar-refractivity contribution >= 4 is 48.0 Å². The van der Waals surface area contributed by atoms with Gasteiger partial charge < -0.3 is 10.1 Å². The van der Waals surface area contributed by atoms with Crippen LogP contribution in [-0.2, 0) is 15.6 Å². The molecule has 0 saturated heterocycles. The summed E-state index contributed by atoms with van der Waals surface area (Å²) in [5.74, 6) is 0.833. The largest absolute Gasteiger partial charge is 0.494 e. The Morgan fingerprint density at radius 1 is 1.09 bits per heavy atom. The minimum absolute atomic E-state index is 0.0225. The van der Waals surface area contributed by atoms with Gasteiger partial charge in [0.15, 0.2) is 0 Å². The quantitative estimate of drug-likeness (QED) is 0.328. The van der Waals surface area contributed by atoms with Crippen LogP contribution < -0.4 is 19.4 Å². The smallest absolute Gasteiger partial charge is 0.264 e. The Bertz CT molecular complexity index is 1540. The number of ether oxygens (including phenoxy) is 1. The van der Waals surface area contributed by atoms with E-state index in [0.29, 0.717) is 12.3 Å². The second-order valence-corrected chi connectivity index (χ2v) is 12.2. The van der Waals surface area contributed by atoms with Gasteiger partial charge in [-0.3, -0.25) is 0 Å². The topological polar surface area (TPSA) is 106 Å². The Morgan fingerprint density at radius 3 is 2.54 bits per heavy atom. The second kappa shape index (κ2) is 9.06. The number of fused-ring (bicyclic) bond motifs is 3. The maximum atomic E-state index is 12.7. The van der Waals surface area contributed by atoms with Crippen molar-refractivity contribution in [3.63, 3.8) is 0 Å². The third kappa shape index (κ3) is 4.66. The van der Waals surface area contributed by atoms with Gasteiger partial charge in [-0.05, 0) is 69.3 Å². The van der Waals surface area contributed by atoms with Crippen LogP contribution in [0.15, 0.2) is 70.8 Å². The molecule has 1 aliphatic heterocycles. The summed E-state index contributed by atoms with van der Waals surface area (Å²) in [7, 11) is -0.508. The number of rotatable bonds is 6. The van der Waals surface area contributed by atoms with Crippen LogP contribution in [0.5, 0.6) is 5.75 Å². The van der Waals surface area contributed by atoms with Gasteiger partial charge in [0.1, 0.15) is 10.4 Å². The predicted molar refractivity (Wildman–Crippen MR) is 140 cm³/mol. The minimum atomic E-state index is -3.81. The summed E-state index contributed by atoms with van der Waals surface area (Å²) in [5.41, 5.74) is 3.58. The maximum Gasteiger partial charge on any atom is 0.264 e. The number of nitrogens with one attached hydrogen (secondary N) is 2. The molecule has 0 amide bonds. The van der Waals surface area contributed by atoms with Crippen LogP contribution in [0, 0.1) is 0 Å². The molecule has 0 fully saturated rings. The van der Waals surface area contributed by atoms with E-state index in [-0.39, 0.29) is 16.4 Å². The fourth-order valence-corrected chi connectivity index (χ4v) is 7.72. The van der Waals surface area contributed by atoms with E-state index in [4.69, 9.17) is 9.73 Å². The molecule has 35 heavy (non-hydrogen) atoms. The average molecular weight is 526 g/mol. The highest BCUT2D eigenvalue weighted by Crippen LogP contribution is 2.46. The van der Waals surface area contributed by atoms with Gasteiger partial charge >= 0.3 is 0 Å². The van der Waals surface area contributed by atoms with E-state index >= 15 is 0 Å². The van der Waals surface area contributed by atoms with E-state index in [1.165, 1.54) is 29.4 Å². The summed E-state index contributed by atoms with van der Waals surface area (Å²) in [6, 6.07) is 14.1. The molecule has 0 spiro atoms. The summed E-state index contributed by atoms with van der Waals surface area (Å²) in [4.78, 5) is 14.0. The molecule has 11 heteroatoms. The first-order valence-corrected chi connectivity index (χ1v) is 14.5. The molecule has 0 radical (unpaired) electrons. The Labute approximate surface area is 210 Å². The number of hydrogen-bond donors (Lipinski definition) is 2. The van der Waals surface area contributed by atoms with Gasteiger partial charge in [0.2, 0.25) is 5.95 Å². The lowest BCUT2D eigenvalue weighted by Gasteiger charge is -2.33. The normalized spacial score (nSPS) is 14.5. The van der Waals surface area contributed by atoms with Gasteiger partial charge in [-0.2, -0.15) is 0 Å². The number of aromatic nitrogens is 2. The third-order valence-electron chi connectivity index (χ3n) is 5.40. The first-order chi connectivity index (χ1) is 16.8. The summed E-state index contributed by atoms with van der Waals surface area (Å²) in [6.45, 7) is 6.86. The monoisotopic (exact) mass is 525 g/mol. The summed E-state index contributed by atoms with van der Waals surface area (Å²) < 4.78 is 34.4. The highest BCUT2D eigenvalue weighted by atomic mass is 32.9. The first-order valence-electron chi connectivity index (χ1n) is 10.9. The highest BCUT2D eigenvalue weighted by molar-refractivity contribution is 7.92. The Morgan fingerprint density at radius 2 is 1.83 bits per heavy atom. The third-order valence-corrected chi connectivity index (χ3v) is 9.39. The standard InChI is InChI=1S/C24H23N5O3S3/c1-4-32-16-8-11-19-18(14-16)20-21(24(2,3)28-19)33-34-22(20)27-15-6-9-17(10-7-15)35(30,31)29-23-25-12-5-13-26-23/h5-14,28H,4H2,1-3H3,(H,25,26,29). The van der Waals surface area contributed by atoms with Crippen LogP contribution in [0.1, 0.15) is 25.6 Å². The molecule has 1 aliphatic rings. The second-order valence-electron chi connectivity index (χ2n) is 8.35. The van der Waals surface area contributed by atoms with E-state index in [9.17, 15) is 8.42 Å². The molecule has 4 aromatic rings. The van der Waals surface area contributed by atoms with Crippen molar-refractivity contribution in [2.45, 2.75) is 31.2 Å². The highest BCUT2D eigenvalue weighted by Gasteiger charge is 2.33. The van der Waals surface area contributed by atoms with Crippen molar-refractivity contribution in [2.24, 2.45) is 4.99 Å². The lowest BCUT2D eigenvalue weighted by atomic mass is 9.90. The summed E-state index contributed by atoms with van der Waals surface area (Å²) in [6.07, 6.45) is 2.95. The Balaban J connectivity index is 1.52. The molecular formula is C24H23N5O3S3. The molecule has 0 unspecified atom stereocenters. The molecule has 0 saturated carbocycles. The number of benzene rings is 2. The summed E-state index contributed by atoms with van der Waals surface area (Å²) in [5, 5.41) is 3.62. The van der Waals surface area contributed by atoms with Crippen molar-refractivity contribution in [2.75, 3.05) is 16.6 Å². The van der Waals surface area contributed by atoms with E-state index in [2.05, 4.69) is 33.9 Å². The predicted octanol–water partition coefficient (Wildman–Crippen LogP) is 5.36. The lowest BCUT2D eigenvalue weighted by molar-refractivity contribution is 0.340. The van der Waals surface area contributed by atoms with Crippen LogP contribution in [0.4, 0.5) is 17.3 Å². The molecule has 8 nitrogen and oxygen atoms in total. The van der Waals surface area contributed by atoms with Gasteiger partial charge in [-0.1, -0.05) is 20.7 Å². The number of anilines is 2. The molecular weight excluding hydrogens is 502 g/mol.